The summed E-state index contributed by atoms with van der Waals surface area (Å²) in [5.74, 6) is 0.336. The summed E-state index contributed by atoms with van der Waals surface area (Å²) in [5, 5.41) is 9.79. The zero-order valence-electron chi connectivity index (χ0n) is 18.2. The fourth-order valence-electron chi connectivity index (χ4n) is 5.18. The first-order valence-corrected chi connectivity index (χ1v) is 14.2. The van der Waals surface area contributed by atoms with Gasteiger partial charge in [-0.2, -0.15) is 5.26 Å². The molecular weight excluding hydrogens is 401 g/mol. The van der Waals surface area contributed by atoms with Crippen molar-refractivity contribution in [2.75, 3.05) is 29.4 Å². The Bertz CT molecular complexity index is 867. The maximum Gasteiger partial charge on any atom is 0.414 e. The van der Waals surface area contributed by atoms with Gasteiger partial charge in [-0.15, -0.1) is 0 Å². The van der Waals surface area contributed by atoms with Crippen molar-refractivity contribution in [3.63, 3.8) is 0 Å². The molecule has 162 valence electrons. The maximum absolute atomic E-state index is 15.0. The first-order valence-electron chi connectivity index (χ1n) is 10.8. The van der Waals surface area contributed by atoms with E-state index in [1.165, 1.54) is 11.0 Å². The van der Waals surface area contributed by atoms with Gasteiger partial charge >= 0.3 is 6.09 Å². The lowest BCUT2D eigenvalue weighted by Gasteiger charge is -2.32. The molecule has 30 heavy (non-hydrogen) atoms. The number of carbonyl (C=O) groups is 1. The van der Waals surface area contributed by atoms with Crippen molar-refractivity contribution in [2.24, 2.45) is 11.8 Å². The first kappa shape index (κ1) is 21.1. The molecule has 0 N–H and O–H groups in total. The van der Waals surface area contributed by atoms with Crippen LogP contribution in [0.4, 0.5) is 20.6 Å². The van der Waals surface area contributed by atoms with Crippen molar-refractivity contribution >= 4 is 25.8 Å². The topological polar surface area (TPSA) is 65.8 Å². The number of amides is 1. The molecule has 3 atom stereocenters. The quantitative estimate of drug-likeness (QED) is 0.641. The largest absolute Gasteiger partial charge is 0.444 e. The summed E-state index contributed by atoms with van der Waals surface area (Å²) in [5.41, 5.74) is 0.408. The van der Waals surface area contributed by atoms with E-state index in [-0.39, 0.29) is 11.9 Å². The average molecular weight is 432 g/mol. The van der Waals surface area contributed by atoms with E-state index < -0.39 is 20.0 Å². The number of halogens is 1. The van der Waals surface area contributed by atoms with Crippen LogP contribution >= 0.6 is 0 Å². The minimum absolute atomic E-state index is 0.142. The predicted octanol–water partition coefficient (Wildman–Crippen LogP) is 4.52. The number of cyclic esters (lactones) is 1. The van der Waals surface area contributed by atoms with Crippen LogP contribution in [0.3, 0.4) is 0 Å². The molecule has 2 unspecified atom stereocenters. The number of benzene rings is 1. The number of nitrogens with zero attached hydrogens (tertiary/aromatic N) is 3. The van der Waals surface area contributed by atoms with Gasteiger partial charge in [-0.25, -0.2) is 9.18 Å². The SMILES string of the molecule is CC[C@H]1CN(c2ccc(N3CC4CC(C#N)(O[Si](C)(C)C)CC4C3)c(F)c2)C(=O)O1. The molecule has 1 aliphatic carbocycles. The van der Waals surface area contributed by atoms with E-state index in [1.807, 2.05) is 6.92 Å². The molecule has 2 heterocycles. The van der Waals surface area contributed by atoms with Crippen molar-refractivity contribution in [1.29, 1.82) is 5.26 Å². The summed E-state index contributed by atoms with van der Waals surface area (Å²) in [6, 6.07) is 7.43. The molecule has 1 saturated carbocycles. The third-order valence-electron chi connectivity index (χ3n) is 6.38. The maximum atomic E-state index is 15.0. The van der Waals surface area contributed by atoms with Crippen LogP contribution in [0.15, 0.2) is 18.2 Å². The third-order valence-corrected chi connectivity index (χ3v) is 7.38. The molecule has 0 spiro atoms. The molecule has 3 aliphatic rings. The number of hydrogen-bond donors (Lipinski definition) is 0. The molecule has 2 aliphatic heterocycles. The normalized spacial score (nSPS) is 31.1. The molecule has 0 aromatic heterocycles. The lowest BCUT2D eigenvalue weighted by Crippen LogP contribution is -2.41. The molecule has 8 heteroatoms. The summed E-state index contributed by atoms with van der Waals surface area (Å²) in [7, 11) is -1.82. The number of hydrogen-bond acceptors (Lipinski definition) is 5. The highest BCUT2D eigenvalue weighted by Gasteiger charge is 2.52. The lowest BCUT2D eigenvalue weighted by atomic mass is 10.0. The molecule has 1 aromatic carbocycles. The Morgan fingerprint density at radius 1 is 1.27 bits per heavy atom. The second-order valence-corrected chi connectivity index (χ2v) is 14.2. The summed E-state index contributed by atoms with van der Waals surface area (Å²) >= 11 is 0. The zero-order chi connectivity index (χ0) is 21.7. The molecule has 4 rings (SSSR count). The van der Waals surface area contributed by atoms with Gasteiger partial charge in [-0.3, -0.25) is 4.90 Å². The van der Waals surface area contributed by atoms with Crippen LogP contribution in [0.2, 0.25) is 19.6 Å². The number of fused-ring (bicyclic) bond motifs is 1. The Balaban J connectivity index is 1.45. The van der Waals surface area contributed by atoms with Gasteiger partial charge in [-0.05, 0) is 68.9 Å². The molecule has 3 fully saturated rings. The van der Waals surface area contributed by atoms with E-state index in [0.29, 0.717) is 42.6 Å². The molecule has 1 amide bonds. The van der Waals surface area contributed by atoms with Crippen molar-refractivity contribution in [2.45, 2.75) is 57.5 Å². The molecule has 0 bridgehead atoms. The van der Waals surface area contributed by atoms with Crippen LogP contribution in [0.25, 0.3) is 0 Å². The average Bonchev–Trinajstić information content (AvgIpc) is 3.31. The number of carbonyl (C=O) groups excluding carboxylic acids is 1. The highest BCUT2D eigenvalue weighted by Crippen LogP contribution is 2.48. The van der Waals surface area contributed by atoms with Crippen molar-refractivity contribution in [3.8, 4) is 6.07 Å². The van der Waals surface area contributed by atoms with Gasteiger partial charge < -0.3 is 14.1 Å². The Kier molecular flexibility index (Phi) is 5.31. The van der Waals surface area contributed by atoms with Gasteiger partial charge in [0.1, 0.15) is 17.5 Å². The number of ether oxygens (including phenoxy) is 1. The van der Waals surface area contributed by atoms with E-state index in [9.17, 15) is 14.4 Å². The van der Waals surface area contributed by atoms with E-state index in [4.69, 9.17) is 9.16 Å². The van der Waals surface area contributed by atoms with Crippen LogP contribution in [0.1, 0.15) is 26.2 Å². The van der Waals surface area contributed by atoms with Crippen molar-refractivity contribution < 1.29 is 18.3 Å². The summed E-state index contributed by atoms with van der Waals surface area (Å²) in [6.07, 6.45) is 1.61. The van der Waals surface area contributed by atoms with E-state index in [1.54, 1.807) is 12.1 Å². The molecule has 2 saturated heterocycles. The van der Waals surface area contributed by atoms with E-state index in [0.717, 1.165) is 19.5 Å². The van der Waals surface area contributed by atoms with Crippen molar-refractivity contribution in [1.82, 2.24) is 0 Å². The van der Waals surface area contributed by atoms with Gasteiger partial charge in [0, 0.05) is 13.1 Å². The Morgan fingerprint density at radius 3 is 2.43 bits per heavy atom. The van der Waals surface area contributed by atoms with Gasteiger partial charge in [-0.1, -0.05) is 6.92 Å². The second-order valence-electron chi connectivity index (χ2n) is 9.81. The van der Waals surface area contributed by atoms with Crippen LogP contribution in [-0.4, -0.2) is 45.7 Å². The fraction of sp³-hybridized carbons (Fsp3) is 0.636. The van der Waals surface area contributed by atoms with Gasteiger partial charge in [0.2, 0.25) is 0 Å². The highest BCUT2D eigenvalue weighted by atomic mass is 28.4. The number of nitriles is 1. The minimum atomic E-state index is -1.82. The fourth-order valence-corrected chi connectivity index (χ4v) is 6.56. The Labute approximate surface area is 178 Å². The molecule has 1 aromatic rings. The Hall–Kier alpha value is -2.11. The monoisotopic (exact) mass is 431 g/mol. The minimum Gasteiger partial charge on any atom is -0.444 e. The first-order chi connectivity index (χ1) is 14.1. The third kappa shape index (κ3) is 3.93. The summed E-state index contributed by atoms with van der Waals surface area (Å²) in [4.78, 5) is 15.6. The van der Waals surface area contributed by atoms with Crippen LogP contribution in [0, 0.1) is 29.0 Å². The van der Waals surface area contributed by atoms with Gasteiger partial charge in [0.15, 0.2) is 8.32 Å². The van der Waals surface area contributed by atoms with Crippen LogP contribution < -0.4 is 9.80 Å². The number of anilines is 2. The second kappa shape index (κ2) is 7.54. The number of rotatable bonds is 5. The predicted molar refractivity (Wildman–Crippen MR) is 116 cm³/mol. The van der Waals surface area contributed by atoms with Crippen molar-refractivity contribution in [3.05, 3.63) is 24.0 Å². The summed E-state index contributed by atoms with van der Waals surface area (Å²) in [6.45, 7) is 10.2. The highest BCUT2D eigenvalue weighted by molar-refractivity contribution is 6.69. The standard InChI is InChI=1S/C22H30FN3O3Si/c1-5-18-13-26(21(27)28-18)17-6-7-20(19(23)8-17)25-11-15-9-22(14-24,10-16(15)12-25)29-30(2,3)4/h6-8,15-16,18H,5,9-13H2,1-4H3/t15?,16?,18-,22?/m0/s1. The zero-order valence-corrected chi connectivity index (χ0v) is 19.2. The Morgan fingerprint density at radius 2 is 1.93 bits per heavy atom. The lowest BCUT2D eigenvalue weighted by molar-refractivity contribution is 0.119. The van der Waals surface area contributed by atoms with Gasteiger partial charge in [0.05, 0.1) is 24.0 Å². The van der Waals surface area contributed by atoms with Crippen LogP contribution in [-0.2, 0) is 9.16 Å². The van der Waals surface area contributed by atoms with E-state index in [2.05, 4.69) is 30.6 Å². The molecular formula is C22H30FN3O3Si. The summed E-state index contributed by atoms with van der Waals surface area (Å²) < 4.78 is 26.5. The smallest absolute Gasteiger partial charge is 0.414 e. The molecule has 0 radical (unpaired) electrons. The van der Waals surface area contributed by atoms with Crippen LogP contribution in [0.5, 0.6) is 0 Å². The van der Waals surface area contributed by atoms with E-state index >= 15 is 0 Å². The van der Waals surface area contributed by atoms with Gasteiger partial charge in [0.25, 0.3) is 0 Å². The molecule has 6 nitrogen and oxygen atoms in total.